The summed E-state index contributed by atoms with van der Waals surface area (Å²) in [6.07, 6.45) is 2.51. The minimum atomic E-state index is -0.453. The van der Waals surface area contributed by atoms with Gasteiger partial charge in [0.2, 0.25) is 0 Å². The van der Waals surface area contributed by atoms with Gasteiger partial charge in [0, 0.05) is 18.6 Å². The highest BCUT2D eigenvalue weighted by Crippen LogP contribution is 2.33. The molecule has 0 aromatic heterocycles. The lowest BCUT2D eigenvalue weighted by atomic mass is 10.2. The van der Waals surface area contributed by atoms with Crippen LogP contribution in [0.2, 0.25) is 5.02 Å². The number of carbonyl (C=O) groups excluding carboxylic acids is 1. The second-order valence-electron chi connectivity index (χ2n) is 5.70. The van der Waals surface area contributed by atoms with Crippen LogP contribution in [0.5, 0.6) is 5.75 Å². The molecule has 1 aromatic carbocycles. The Morgan fingerprint density at radius 3 is 2.91 bits per heavy atom. The van der Waals surface area contributed by atoms with E-state index in [-0.39, 0.29) is 6.03 Å². The van der Waals surface area contributed by atoms with Gasteiger partial charge in [-0.25, -0.2) is 4.79 Å². The first-order valence-electron chi connectivity index (χ1n) is 7.63. The van der Waals surface area contributed by atoms with Gasteiger partial charge in [-0.05, 0) is 43.4 Å². The summed E-state index contributed by atoms with van der Waals surface area (Å²) in [6, 6.07) is 4.84. The molecule has 0 bridgehead atoms. The molecule has 5 nitrogen and oxygen atoms in total. The molecule has 1 saturated carbocycles. The second-order valence-corrected chi connectivity index (χ2v) is 6.14. The molecule has 0 heterocycles. The van der Waals surface area contributed by atoms with Crippen molar-refractivity contribution >= 4 is 23.3 Å². The van der Waals surface area contributed by atoms with Gasteiger partial charge in [-0.1, -0.05) is 18.5 Å². The summed E-state index contributed by atoms with van der Waals surface area (Å²) < 4.78 is 5.61. The van der Waals surface area contributed by atoms with Crippen LogP contribution in [-0.4, -0.2) is 42.3 Å². The van der Waals surface area contributed by atoms with Gasteiger partial charge in [0.1, 0.15) is 5.75 Å². The smallest absolute Gasteiger partial charge is 0.321 e. The molecule has 2 amide bonds. The fraction of sp³-hybridized carbons (Fsp3) is 0.562. The minimum Gasteiger partial charge on any atom is -0.491 e. The number of rotatable bonds is 7. The zero-order chi connectivity index (χ0) is 16.1. The number of ether oxygens (including phenoxy) is 1. The van der Waals surface area contributed by atoms with Gasteiger partial charge < -0.3 is 20.1 Å². The molecule has 22 heavy (non-hydrogen) atoms. The van der Waals surface area contributed by atoms with Crippen LogP contribution in [0.1, 0.15) is 26.2 Å². The molecule has 1 unspecified atom stereocenters. The van der Waals surface area contributed by atoms with Crippen LogP contribution in [-0.2, 0) is 0 Å². The number of nitrogens with one attached hydrogen (secondary N) is 1. The van der Waals surface area contributed by atoms with Crippen LogP contribution < -0.4 is 10.1 Å². The van der Waals surface area contributed by atoms with Gasteiger partial charge in [-0.3, -0.25) is 0 Å². The third-order valence-electron chi connectivity index (χ3n) is 3.62. The van der Waals surface area contributed by atoms with E-state index in [4.69, 9.17) is 16.3 Å². The van der Waals surface area contributed by atoms with Gasteiger partial charge in [0.05, 0.1) is 18.4 Å². The summed E-state index contributed by atoms with van der Waals surface area (Å²) in [5, 5.41) is 13.2. The van der Waals surface area contributed by atoms with Crippen molar-refractivity contribution in [1.29, 1.82) is 0 Å². The monoisotopic (exact) mass is 326 g/mol. The molecule has 2 N–H and O–H groups in total. The third kappa shape index (κ3) is 4.78. The predicted octanol–water partition coefficient (Wildman–Crippen LogP) is 3.36. The van der Waals surface area contributed by atoms with E-state index in [1.165, 1.54) is 4.90 Å². The van der Waals surface area contributed by atoms with Crippen LogP contribution in [0.25, 0.3) is 0 Å². The highest BCUT2D eigenvalue weighted by molar-refractivity contribution is 6.31. The molecular formula is C16H23ClN2O3. The maximum absolute atomic E-state index is 12.2. The van der Waals surface area contributed by atoms with Crippen LogP contribution >= 0.6 is 11.6 Å². The van der Waals surface area contributed by atoms with E-state index in [0.29, 0.717) is 35.5 Å². The van der Waals surface area contributed by atoms with Gasteiger partial charge >= 0.3 is 6.03 Å². The number of urea groups is 1. The van der Waals surface area contributed by atoms with Gasteiger partial charge in [-0.15, -0.1) is 0 Å². The summed E-state index contributed by atoms with van der Waals surface area (Å²) in [7, 11) is 1.66. The number of likely N-dealkylation sites (N-methyl/N-ethyl adjacent to an activating group) is 1. The Morgan fingerprint density at radius 1 is 1.55 bits per heavy atom. The fourth-order valence-corrected chi connectivity index (χ4v) is 2.31. The first kappa shape index (κ1) is 16.9. The normalized spacial score (nSPS) is 15.3. The number of carbonyl (C=O) groups is 1. The maximum Gasteiger partial charge on any atom is 0.321 e. The van der Waals surface area contributed by atoms with Crippen molar-refractivity contribution < 1.29 is 14.6 Å². The number of amides is 2. The van der Waals surface area contributed by atoms with Gasteiger partial charge in [0.15, 0.2) is 0 Å². The molecule has 1 aliphatic rings. The zero-order valence-corrected chi connectivity index (χ0v) is 13.8. The van der Waals surface area contributed by atoms with E-state index >= 15 is 0 Å². The van der Waals surface area contributed by atoms with Crippen LogP contribution in [0, 0.1) is 5.92 Å². The number of hydrogen-bond acceptors (Lipinski definition) is 3. The van der Waals surface area contributed by atoms with Crippen molar-refractivity contribution in [3.8, 4) is 5.75 Å². The van der Waals surface area contributed by atoms with E-state index < -0.39 is 6.10 Å². The summed E-state index contributed by atoms with van der Waals surface area (Å²) in [5.41, 5.74) is 0.540. The molecule has 1 fully saturated rings. The zero-order valence-electron chi connectivity index (χ0n) is 13.0. The van der Waals surface area contributed by atoms with Crippen LogP contribution in [0.3, 0.4) is 0 Å². The SMILES string of the molecule is CCCOc1ccc(Cl)cc1NC(=O)N(C)CC(O)C1CC1. The lowest BCUT2D eigenvalue weighted by molar-refractivity contribution is 0.117. The quantitative estimate of drug-likeness (QED) is 0.807. The lowest BCUT2D eigenvalue weighted by Gasteiger charge is -2.22. The van der Waals surface area contributed by atoms with E-state index in [1.54, 1.807) is 25.2 Å². The Hall–Kier alpha value is -1.46. The van der Waals surface area contributed by atoms with Crippen LogP contribution in [0.15, 0.2) is 18.2 Å². The molecule has 2 rings (SSSR count). The number of halogens is 1. The average Bonchev–Trinajstić information content (AvgIpc) is 3.31. The van der Waals surface area contributed by atoms with E-state index in [2.05, 4.69) is 5.32 Å². The van der Waals surface area contributed by atoms with Crippen molar-refractivity contribution in [2.24, 2.45) is 5.92 Å². The second kappa shape index (κ2) is 7.70. The first-order chi connectivity index (χ1) is 10.5. The molecule has 1 aromatic rings. The summed E-state index contributed by atoms with van der Waals surface area (Å²) in [4.78, 5) is 13.7. The Kier molecular flexibility index (Phi) is 5.91. The molecule has 122 valence electrons. The van der Waals surface area contributed by atoms with E-state index in [1.807, 2.05) is 6.92 Å². The first-order valence-corrected chi connectivity index (χ1v) is 8.01. The van der Waals surface area contributed by atoms with Crippen molar-refractivity contribution in [2.75, 3.05) is 25.5 Å². The minimum absolute atomic E-state index is 0.289. The highest BCUT2D eigenvalue weighted by atomic mass is 35.5. The van der Waals surface area contributed by atoms with E-state index in [0.717, 1.165) is 19.3 Å². The number of benzene rings is 1. The van der Waals surface area contributed by atoms with Crippen LogP contribution in [0.4, 0.5) is 10.5 Å². The highest BCUT2D eigenvalue weighted by Gasteiger charge is 2.31. The predicted molar refractivity (Wildman–Crippen MR) is 87.6 cm³/mol. The van der Waals surface area contributed by atoms with Gasteiger partial charge in [-0.2, -0.15) is 0 Å². The molecule has 1 atom stereocenters. The summed E-state index contributed by atoms with van der Waals surface area (Å²) >= 11 is 5.99. The standard InChI is InChI=1S/C16H23ClN2O3/c1-3-8-22-15-7-6-12(17)9-13(15)18-16(21)19(2)10-14(20)11-4-5-11/h6-7,9,11,14,20H,3-5,8,10H2,1-2H3,(H,18,21). The summed E-state index contributed by atoms with van der Waals surface area (Å²) in [5.74, 6) is 0.931. The molecule has 0 saturated heterocycles. The Morgan fingerprint density at radius 2 is 2.27 bits per heavy atom. The molecule has 0 aliphatic heterocycles. The number of aliphatic hydroxyl groups is 1. The number of nitrogens with zero attached hydrogens (tertiary/aromatic N) is 1. The molecule has 1 aliphatic carbocycles. The molecular weight excluding hydrogens is 304 g/mol. The van der Waals surface area contributed by atoms with Crippen molar-refractivity contribution in [1.82, 2.24) is 4.90 Å². The van der Waals surface area contributed by atoms with E-state index in [9.17, 15) is 9.90 Å². The summed E-state index contributed by atoms with van der Waals surface area (Å²) in [6.45, 7) is 2.91. The Bertz CT molecular complexity index is 520. The average molecular weight is 327 g/mol. The molecule has 6 heteroatoms. The largest absolute Gasteiger partial charge is 0.491 e. The van der Waals surface area contributed by atoms with Crippen molar-refractivity contribution in [2.45, 2.75) is 32.3 Å². The fourth-order valence-electron chi connectivity index (χ4n) is 2.14. The van der Waals surface area contributed by atoms with Gasteiger partial charge in [0.25, 0.3) is 0 Å². The van der Waals surface area contributed by atoms with Crippen molar-refractivity contribution in [3.05, 3.63) is 23.2 Å². The number of aliphatic hydroxyl groups excluding tert-OH is 1. The molecule has 0 spiro atoms. The maximum atomic E-state index is 12.2. The van der Waals surface area contributed by atoms with Crippen molar-refractivity contribution in [3.63, 3.8) is 0 Å². The lowest BCUT2D eigenvalue weighted by Crippen LogP contribution is -2.38. The number of anilines is 1. The molecule has 0 radical (unpaired) electrons. The topological polar surface area (TPSA) is 61.8 Å². The Balaban J connectivity index is 1.98. The third-order valence-corrected chi connectivity index (χ3v) is 3.85. The number of hydrogen-bond donors (Lipinski definition) is 2. The Labute approximate surface area is 136 Å².